The van der Waals surface area contributed by atoms with Gasteiger partial charge in [0.2, 0.25) is 0 Å². The maximum Gasteiger partial charge on any atom is 0.272 e. The van der Waals surface area contributed by atoms with Crippen molar-refractivity contribution < 1.29 is 18.0 Å². The van der Waals surface area contributed by atoms with E-state index in [0.29, 0.717) is 53.7 Å². The Hall–Kier alpha value is -4.02. The van der Waals surface area contributed by atoms with Crippen molar-refractivity contribution in [1.82, 2.24) is 19.8 Å². The van der Waals surface area contributed by atoms with Gasteiger partial charge in [-0.1, -0.05) is 29.8 Å². The second-order valence-electron chi connectivity index (χ2n) is 8.46. The molecule has 1 aliphatic heterocycles. The number of benzene rings is 2. The molecule has 0 atom stereocenters. The van der Waals surface area contributed by atoms with E-state index in [-0.39, 0.29) is 16.7 Å². The minimum Gasteiger partial charge on any atom is -0.335 e. The molecule has 2 amide bonds. The van der Waals surface area contributed by atoms with E-state index in [1.807, 2.05) is 0 Å². The molecule has 37 heavy (non-hydrogen) atoms. The predicted molar refractivity (Wildman–Crippen MR) is 140 cm³/mol. The number of carbonyl (C=O) groups is 2. The number of para-hydroxylation sites is 1. The van der Waals surface area contributed by atoms with E-state index < -0.39 is 10.0 Å². The quantitative estimate of drug-likeness (QED) is 0.417. The number of pyridine rings is 2. The van der Waals surface area contributed by atoms with Crippen LogP contribution in [0.1, 0.15) is 20.8 Å². The Morgan fingerprint density at radius 3 is 2.16 bits per heavy atom. The minimum atomic E-state index is -3.89. The van der Waals surface area contributed by atoms with Crippen LogP contribution in [-0.4, -0.2) is 66.2 Å². The van der Waals surface area contributed by atoms with Crippen LogP contribution in [0.15, 0.2) is 84.0 Å². The van der Waals surface area contributed by atoms with E-state index in [0.717, 1.165) is 5.39 Å². The van der Waals surface area contributed by atoms with Gasteiger partial charge in [0.05, 0.1) is 10.5 Å². The summed E-state index contributed by atoms with van der Waals surface area (Å²) in [6.07, 6.45) is 2.98. The SMILES string of the molecule is O=C(c1ccc(NS(=O)(=O)c2cccc3cccnc23)cc1)N1CCN(C(=O)c2ccc(Cl)cn2)CC1. The third kappa shape index (κ3) is 5.25. The van der Waals surface area contributed by atoms with E-state index >= 15 is 0 Å². The van der Waals surface area contributed by atoms with Crippen LogP contribution in [0.25, 0.3) is 10.9 Å². The molecule has 4 aromatic rings. The molecule has 9 nitrogen and oxygen atoms in total. The number of nitrogens with zero attached hydrogens (tertiary/aromatic N) is 4. The number of amides is 2. The predicted octanol–water partition coefficient (Wildman–Crippen LogP) is 3.68. The van der Waals surface area contributed by atoms with Gasteiger partial charge in [0.25, 0.3) is 21.8 Å². The molecule has 188 valence electrons. The Kier molecular flexibility index (Phi) is 6.77. The molecule has 0 spiro atoms. The van der Waals surface area contributed by atoms with Crippen molar-refractivity contribution in [2.24, 2.45) is 0 Å². The van der Waals surface area contributed by atoms with Crippen molar-refractivity contribution in [2.75, 3.05) is 30.9 Å². The second-order valence-corrected chi connectivity index (χ2v) is 10.5. The fourth-order valence-corrected chi connectivity index (χ4v) is 5.49. The molecule has 0 radical (unpaired) electrons. The van der Waals surface area contributed by atoms with Crippen LogP contribution < -0.4 is 4.72 Å². The molecule has 11 heteroatoms. The third-order valence-electron chi connectivity index (χ3n) is 6.07. The highest BCUT2D eigenvalue weighted by molar-refractivity contribution is 7.93. The molecule has 1 N–H and O–H groups in total. The zero-order chi connectivity index (χ0) is 26.0. The monoisotopic (exact) mass is 535 g/mol. The molecule has 0 unspecified atom stereocenters. The van der Waals surface area contributed by atoms with Crippen LogP contribution in [-0.2, 0) is 10.0 Å². The smallest absolute Gasteiger partial charge is 0.272 e. The lowest BCUT2D eigenvalue weighted by Crippen LogP contribution is -2.50. The van der Waals surface area contributed by atoms with E-state index in [4.69, 9.17) is 11.6 Å². The Bertz CT molecular complexity index is 1560. The zero-order valence-corrected chi connectivity index (χ0v) is 21.1. The van der Waals surface area contributed by atoms with Gasteiger partial charge in [0.1, 0.15) is 10.6 Å². The molecule has 1 aliphatic rings. The van der Waals surface area contributed by atoms with Crippen LogP contribution in [0.5, 0.6) is 0 Å². The summed E-state index contributed by atoms with van der Waals surface area (Å²) in [5.41, 5.74) is 1.44. The van der Waals surface area contributed by atoms with Crippen molar-refractivity contribution in [3.8, 4) is 0 Å². The molecular formula is C26H22ClN5O4S. The van der Waals surface area contributed by atoms with Gasteiger partial charge in [-0.3, -0.25) is 19.3 Å². The lowest BCUT2D eigenvalue weighted by Gasteiger charge is -2.34. The maximum absolute atomic E-state index is 13.0. The lowest BCUT2D eigenvalue weighted by molar-refractivity contribution is 0.0532. The van der Waals surface area contributed by atoms with Crippen molar-refractivity contribution in [3.63, 3.8) is 0 Å². The summed E-state index contributed by atoms with van der Waals surface area (Å²) in [6.45, 7) is 1.51. The number of nitrogens with one attached hydrogen (secondary N) is 1. The number of hydrogen-bond donors (Lipinski definition) is 1. The number of aromatic nitrogens is 2. The summed E-state index contributed by atoms with van der Waals surface area (Å²) in [5, 5.41) is 1.17. The molecule has 0 saturated carbocycles. The molecule has 2 aromatic carbocycles. The first kappa shape index (κ1) is 24.7. The fraction of sp³-hybridized carbons (Fsp3) is 0.154. The normalized spacial score (nSPS) is 14.0. The summed E-state index contributed by atoms with van der Waals surface area (Å²) >= 11 is 5.84. The van der Waals surface area contributed by atoms with Crippen LogP contribution in [0.4, 0.5) is 5.69 Å². The first-order chi connectivity index (χ1) is 17.8. The Morgan fingerprint density at radius 1 is 0.811 bits per heavy atom. The molecule has 0 aliphatic carbocycles. The molecular weight excluding hydrogens is 514 g/mol. The van der Waals surface area contributed by atoms with Crippen molar-refractivity contribution in [3.05, 3.63) is 95.4 Å². The zero-order valence-electron chi connectivity index (χ0n) is 19.5. The standard InChI is InChI=1S/C26H22ClN5O4S/c27-20-8-11-22(29-17-20)26(34)32-15-13-31(14-16-32)25(33)19-6-9-21(10-7-19)30-37(35,36)23-5-1-3-18-4-2-12-28-24(18)23/h1-12,17,30H,13-16H2. The van der Waals surface area contributed by atoms with E-state index in [2.05, 4.69) is 14.7 Å². The molecule has 2 aromatic heterocycles. The summed E-state index contributed by atoms with van der Waals surface area (Å²) in [6, 6.07) is 18.0. The molecule has 5 rings (SSSR count). The first-order valence-corrected chi connectivity index (χ1v) is 13.3. The van der Waals surface area contributed by atoms with Gasteiger partial charge in [0.15, 0.2) is 0 Å². The number of rotatable bonds is 5. The number of fused-ring (bicyclic) bond motifs is 1. The molecule has 0 bridgehead atoms. The Morgan fingerprint density at radius 2 is 1.49 bits per heavy atom. The topological polar surface area (TPSA) is 113 Å². The van der Waals surface area contributed by atoms with Crippen LogP contribution in [0, 0.1) is 0 Å². The number of anilines is 1. The largest absolute Gasteiger partial charge is 0.335 e. The van der Waals surface area contributed by atoms with Gasteiger partial charge in [-0.2, -0.15) is 0 Å². The summed E-state index contributed by atoms with van der Waals surface area (Å²) in [4.78, 5) is 37.3. The van der Waals surface area contributed by atoms with E-state index in [1.165, 1.54) is 12.3 Å². The summed E-state index contributed by atoms with van der Waals surface area (Å²) in [7, 11) is -3.89. The van der Waals surface area contributed by atoms with Gasteiger partial charge in [-0.05, 0) is 48.5 Å². The Balaban J connectivity index is 1.23. The number of carbonyl (C=O) groups excluding carboxylic acids is 2. The van der Waals surface area contributed by atoms with E-state index in [9.17, 15) is 18.0 Å². The lowest BCUT2D eigenvalue weighted by atomic mass is 10.1. The first-order valence-electron chi connectivity index (χ1n) is 11.5. The number of hydrogen-bond acceptors (Lipinski definition) is 6. The Labute approximate surface area is 218 Å². The highest BCUT2D eigenvalue weighted by Crippen LogP contribution is 2.24. The second kappa shape index (κ2) is 10.2. The molecule has 1 saturated heterocycles. The maximum atomic E-state index is 13.0. The number of piperazine rings is 1. The van der Waals surface area contributed by atoms with Gasteiger partial charge >= 0.3 is 0 Å². The summed E-state index contributed by atoms with van der Waals surface area (Å²) in [5.74, 6) is -0.397. The third-order valence-corrected chi connectivity index (χ3v) is 7.71. The van der Waals surface area contributed by atoms with Crippen LogP contribution in [0.3, 0.4) is 0 Å². The molecule has 1 fully saturated rings. The van der Waals surface area contributed by atoms with Gasteiger partial charge < -0.3 is 9.80 Å². The minimum absolute atomic E-state index is 0.0759. The van der Waals surface area contributed by atoms with E-state index in [1.54, 1.807) is 76.7 Å². The van der Waals surface area contributed by atoms with Gasteiger partial charge in [-0.15, -0.1) is 0 Å². The van der Waals surface area contributed by atoms with Crippen molar-refractivity contribution in [2.45, 2.75) is 4.90 Å². The number of halogens is 1. The average Bonchev–Trinajstić information content (AvgIpc) is 2.92. The van der Waals surface area contributed by atoms with Crippen LogP contribution in [0.2, 0.25) is 5.02 Å². The highest BCUT2D eigenvalue weighted by atomic mass is 35.5. The van der Waals surface area contributed by atoms with Gasteiger partial charge in [0, 0.05) is 55.2 Å². The van der Waals surface area contributed by atoms with Crippen molar-refractivity contribution >= 4 is 50.0 Å². The highest BCUT2D eigenvalue weighted by Gasteiger charge is 2.26. The molecule has 3 heterocycles. The van der Waals surface area contributed by atoms with Crippen LogP contribution >= 0.6 is 11.6 Å². The van der Waals surface area contributed by atoms with Crippen molar-refractivity contribution in [1.29, 1.82) is 0 Å². The van der Waals surface area contributed by atoms with Gasteiger partial charge in [-0.25, -0.2) is 13.4 Å². The fourth-order valence-electron chi connectivity index (χ4n) is 4.14. The number of sulfonamides is 1. The summed E-state index contributed by atoms with van der Waals surface area (Å²) < 4.78 is 28.6. The average molecular weight is 536 g/mol.